The molecule has 0 radical (unpaired) electrons. The number of rotatable bonds is 30. The van der Waals surface area contributed by atoms with Crippen LogP contribution in [0.3, 0.4) is 0 Å². The van der Waals surface area contributed by atoms with Crippen LogP contribution in [-0.4, -0.2) is 89.1 Å². The van der Waals surface area contributed by atoms with Crippen molar-refractivity contribution in [2.75, 3.05) is 38.4 Å². The quantitative estimate of drug-likeness (QED) is 0.0256. The molecule has 0 saturated carbocycles. The van der Waals surface area contributed by atoms with Gasteiger partial charge in [-0.3, -0.25) is 14.4 Å². The number of methoxy groups -OCH3 is 1. The van der Waals surface area contributed by atoms with Crippen LogP contribution in [0.1, 0.15) is 138 Å². The maximum Gasteiger partial charge on any atom is 1.00 e. The molecule has 53 heavy (non-hydrogen) atoms. The van der Waals surface area contributed by atoms with Gasteiger partial charge in [-0.25, -0.2) is 15.0 Å². The number of thioether (sulfide) groups is 2. The van der Waals surface area contributed by atoms with Gasteiger partial charge in [-0.1, -0.05) is 102 Å². The van der Waals surface area contributed by atoms with Crippen LogP contribution in [0, 0.1) is 18.4 Å². The number of hydrogen-bond acceptors (Lipinski definition) is 12. The Hall–Kier alpha value is -0.440. The van der Waals surface area contributed by atoms with Crippen molar-refractivity contribution in [1.29, 1.82) is 0 Å². The number of unbranched alkanes of at least 4 members (excludes halogenated alkanes) is 10. The van der Waals surface area contributed by atoms with E-state index in [1.54, 1.807) is 13.8 Å². The van der Waals surface area contributed by atoms with Gasteiger partial charge in [-0.05, 0) is 45.3 Å². The normalized spacial score (nSPS) is 13.6. The maximum absolute atomic E-state index is 13.8. The van der Waals surface area contributed by atoms with Gasteiger partial charge in [0.15, 0.2) is 0 Å². The number of nitrogens with zero attached hydrogens (tertiary/aromatic N) is 1. The van der Waals surface area contributed by atoms with Gasteiger partial charge in [-0.15, -0.1) is 11.8 Å². The van der Waals surface area contributed by atoms with Crippen molar-refractivity contribution in [3.8, 4) is 0 Å². The van der Waals surface area contributed by atoms with Gasteiger partial charge in [0.25, 0.3) is 0 Å². The molecular weight excluding hydrogens is 768 g/mol. The monoisotopic (exact) mass is 832 g/mol. The van der Waals surface area contributed by atoms with Gasteiger partial charge in [0, 0.05) is 32.9 Å². The number of hydrogen-bond donors (Lipinski definition) is 1. The van der Waals surface area contributed by atoms with Gasteiger partial charge in [-0.2, -0.15) is 0 Å². The molecule has 0 bridgehead atoms. The number of carbonyl (C=O) groups is 3. The summed E-state index contributed by atoms with van der Waals surface area (Å²) in [6.45, 7) is 18.4. The molecule has 11 nitrogen and oxygen atoms in total. The summed E-state index contributed by atoms with van der Waals surface area (Å²) < 4.78 is 51.3. The molecule has 0 aromatic rings. The summed E-state index contributed by atoms with van der Waals surface area (Å²) in [6.07, 6.45) is 13.4. The second-order valence-corrected chi connectivity index (χ2v) is 19.5. The first-order chi connectivity index (χ1) is 24.4. The SMILES string of the molecule is [C-]#[N+]C(C)(C)CC(CC(CC(SC(=S)SCCCCCCCCCCCC)C(=O)NC(C)(C)CS(=O)(=O)[O-])C(=O)OCCCC)C(=O)OCCOC.[Na+]. The van der Waals surface area contributed by atoms with E-state index >= 15 is 0 Å². The van der Waals surface area contributed by atoms with Crippen LogP contribution in [-0.2, 0) is 38.7 Å². The molecule has 1 amide bonds. The van der Waals surface area contributed by atoms with Crippen LogP contribution in [0.25, 0.3) is 4.85 Å². The van der Waals surface area contributed by atoms with E-state index < -0.39 is 61.9 Å². The Morgan fingerprint density at radius 2 is 1.36 bits per heavy atom. The maximum atomic E-state index is 13.8. The molecule has 1 N–H and O–H groups in total. The summed E-state index contributed by atoms with van der Waals surface area (Å²) in [4.78, 5) is 44.4. The standard InChI is InChI=1S/C37H66N2O9S4.Na/c1-9-11-13-14-15-16-17-18-19-20-24-50-35(49)51-31(32(40)39-37(5,6)28-52(43,44)45)26-29(33(41)47-21-12-10-2)25-30(27-36(3,4)38-7)34(42)48-23-22-46-8;/h29-31H,9-28H2,1-6,8H3,(H,39,40)(H,43,44,45);/q;+1/p-1. The fourth-order valence-corrected chi connectivity index (χ4v) is 9.24. The molecule has 0 aliphatic heterocycles. The molecule has 0 saturated heterocycles. The molecule has 302 valence electrons. The fraction of sp³-hybridized carbons (Fsp3) is 0.865. The van der Waals surface area contributed by atoms with Crippen molar-refractivity contribution in [2.24, 2.45) is 11.8 Å². The summed E-state index contributed by atoms with van der Waals surface area (Å²) >= 11 is 8.25. The van der Waals surface area contributed by atoms with Crippen molar-refractivity contribution in [3.63, 3.8) is 0 Å². The Bertz CT molecular complexity index is 1210. The van der Waals surface area contributed by atoms with Crippen molar-refractivity contribution >= 4 is 67.2 Å². The van der Waals surface area contributed by atoms with Gasteiger partial charge in [0.05, 0.1) is 46.2 Å². The van der Waals surface area contributed by atoms with Gasteiger partial charge in [0.1, 0.15) is 10.1 Å². The predicted molar refractivity (Wildman–Crippen MR) is 215 cm³/mol. The first-order valence-electron chi connectivity index (χ1n) is 18.7. The molecule has 3 unspecified atom stereocenters. The summed E-state index contributed by atoms with van der Waals surface area (Å²) in [6, 6.07) is 0. The molecular formula is C37H65N2NaO9S4. The summed E-state index contributed by atoms with van der Waals surface area (Å²) in [5.41, 5.74) is -2.33. The van der Waals surface area contributed by atoms with Crippen molar-refractivity contribution in [1.82, 2.24) is 5.32 Å². The van der Waals surface area contributed by atoms with E-state index in [0.29, 0.717) is 9.95 Å². The Morgan fingerprint density at radius 3 is 1.89 bits per heavy atom. The summed E-state index contributed by atoms with van der Waals surface area (Å²) in [5.74, 6) is -3.65. The second kappa shape index (κ2) is 30.7. The average Bonchev–Trinajstić information content (AvgIpc) is 3.04. The third kappa shape index (κ3) is 29.5. The molecule has 0 rings (SSSR count). The van der Waals surface area contributed by atoms with E-state index in [1.807, 2.05) is 6.92 Å². The number of esters is 2. The van der Waals surface area contributed by atoms with Crippen LogP contribution >= 0.6 is 35.7 Å². The second-order valence-electron chi connectivity index (χ2n) is 14.6. The van der Waals surface area contributed by atoms with Crippen LogP contribution in [0.15, 0.2) is 0 Å². The van der Waals surface area contributed by atoms with Crippen LogP contribution in [0.5, 0.6) is 0 Å². The Morgan fingerprint density at radius 1 is 0.830 bits per heavy atom. The Balaban J connectivity index is 0. The van der Waals surface area contributed by atoms with E-state index in [-0.39, 0.29) is 68.6 Å². The molecule has 3 atom stereocenters. The van der Waals surface area contributed by atoms with E-state index in [1.165, 1.54) is 77.7 Å². The van der Waals surface area contributed by atoms with Gasteiger partial charge in [0.2, 0.25) is 11.4 Å². The van der Waals surface area contributed by atoms with E-state index in [2.05, 4.69) is 17.1 Å². The minimum Gasteiger partial charge on any atom is -0.748 e. The molecule has 0 fully saturated rings. The topological polar surface area (TPSA) is 152 Å². The van der Waals surface area contributed by atoms with Crippen LogP contribution in [0.4, 0.5) is 0 Å². The third-order valence-corrected chi connectivity index (χ3v) is 12.3. The number of carbonyl (C=O) groups excluding carboxylic acids is 3. The average molecular weight is 833 g/mol. The zero-order chi connectivity index (χ0) is 39.6. The predicted octanol–water partition coefficient (Wildman–Crippen LogP) is 5.10. The number of nitrogens with one attached hydrogen (secondary N) is 1. The first-order valence-corrected chi connectivity index (χ1v) is 22.5. The van der Waals surface area contributed by atoms with Gasteiger partial charge < -0.3 is 28.9 Å². The van der Waals surface area contributed by atoms with Crippen molar-refractivity contribution < 1.29 is 71.1 Å². The number of amides is 1. The molecule has 0 aromatic carbocycles. The van der Waals surface area contributed by atoms with E-state index in [9.17, 15) is 27.4 Å². The molecule has 0 aliphatic carbocycles. The largest absolute Gasteiger partial charge is 1.00 e. The zero-order valence-corrected chi connectivity index (χ0v) is 38.9. The van der Waals surface area contributed by atoms with Crippen molar-refractivity contribution in [3.05, 3.63) is 11.4 Å². The molecule has 16 heteroatoms. The number of ether oxygens (including phenoxy) is 3. The number of thiocarbonyl (C=S) groups is 1. The Labute approximate surface area is 357 Å². The Kier molecular flexibility index (Phi) is 31.6. The fourth-order valence-electron chi connectivity index (χ4n) is 5.58. The molecule has 0 aromatic heterocycles. The molecule has 0 heterocycles. The minimum atomic E-state index is -4.67. The van der Waals surface area contributed by atoms with Crippen LogP contribution in [0.2, 0.25) is 0 Å². The van der Waals surface area contributed by atoms with E-state index in [0.717, 1.165) is 43.2 Å². The molecule has 0 spiro atoms. The third-order valence-electron chi connectivity index (χ3n) is 8.30. The van der Waals surface area contributed by atoms with E-state index in [4.69, 9.17) is 33.0 Å². The molecule has 0 aliphatic rings. The zero-order valence-electron chi connectivity index (χ0n) is 33.6. The summed E-state index contributed by atoms with van der Waals surface area (Å²) in [5, 5.41) is 1.71. The van der Waals surface area contributed by atoms with Crippen LogP contribution < -0.4 is 34.9 Å². The first kappa shape index (κ1) is 54.7. The smallest absolute Gasteiger partial charge is 0.748 e. The summed E-state index contributed by atoms with van der Waals surface area (Å²) in [7, 11) is -3.19. The van der Waals surface area contributed by atoms with Crippen molar-refractivity contribution in [2.45, 2.75) is 154 Å². The van der Waals surface area contributed by atoms with Gasteiger partial charge >= 0.3 is 41.5 Å². The minimum absolute atomic E-state index is 0.